The molecule has 1 fully saturated rings. The summed E-state index contributed by atoms with van der Waals surface area (Å²) in [7, 11) is -1.47. The number of hydrogen-bond donors (Lipinski definition) is 2. The van der Waals surface area contributed by atoms with E-state index < -0.39 is 9.84 Å². The number of nitrogens with one attached hydrogen (secondary N) is 2. The molecule has 1 atom stereocenters. The molecule has 26 heavy (non-hydrogen) atoms. The van der Waals surface area contributed by atoms with Crippen LogP contribution in [-0.2, 0) is 23.3 Å². The van der Waals surface area contributed by atoms with Crippen LogP contribution in [0.2, 0.25) is 0 Å². The van der Waals surface area contributed by atoms with Gasteiger partial charge in [0, 0.05) is 38.7 Å². The molecule has 0 radical (unpaired) electrons. The number of piperidine rings is 1. The Labute approximate surface area is 159 Å². The van der Waals surface area contributed by atoms with Crippen molar-refractivity contribution < 1.29 is 8.42 Å². The van der Waals surface area contributed by atoms with Crippen LogP contribution in [0.3, 0.4) is 0 Å². The van der Waals surface area contributed by atoms with Crippen molar-refractivity contribution in [3.63, 3.8) is 0 Å². The smallest absolute Gasteiger partial charge is 0.222 e. The Morgan fingerprint density at radius 1 is 1.42 bits per heavy atom. The quantitative estimate of drug-likeness (QED) is 0.721. The minimum atomic E-state index is -3.36. The molecular formula is C15H24ClN7O2S. The van der Waals surface area contributed by atoms with Gasteiger partial charge >= 0.3 is 0 Å². The normalized spacial score (nSPS) is 17.5. The molecule has 2 aromatic rings. The third kappa shape index (κ3) is 4.89. The van der Waals surface area contributed by atoms with Crippen LogP contribution in [0.1, 0.15) is 30.3 Å². The number of aromatic nitrogens is 5. The molecule has 0 aliphatic carbocycles. The predicted octanol–water partition coefficient (Wildman–Crippen LogP) is 0.552. The third-order valence-electron chi connectivity index (χ3n) is 4.30. The number of aryl methyl sites for hydroxylation is 1. The summed E-state index contributed by atoms with van der Waals surface area (Å²) in [6.45, 7) is 2.28. The van der Waals surface area contributed by atoms with E-state index in [0.717, 1.165) is 31.8 Å². The summed E-state index contributed by atoms with van der Waals surface area (Å²) in [6, 6.07) is 0. The number of halogens is 1. The van der Waals surface area contributed by atoms with Crippen LogP contribution < -0.4 is 10.6 Å². The van der Waals surface area contributed by atoms with Crippen molar-refractivity contribution >= 4 is 28.2 Å². The Kier molecular flexibility index (Phi) is 6.90. The summed E-state index contributed by atoms with van der Waals surface area (Å²) < 4.78 is 26.0. The van der Waals surface area contributed by atoms with E-state index in [2.05, 4.69) is 30.8 Å². The Hall–Kier alpha value is -1.78. The Morgan fingerprint density at radius 2 is 2.23 bits per heavy atom. The molecule has 144 valence electrons. The van der Waals surface area contributed by atoms with Gasteiger partial charge in [0.1, 0.15) is 17.0 Å². The van der Waals surface area contributed by atoms with E-state index in [-0.39, 0.29) is 23.2 Å². The minimum Gasteiger partial charge on any atom is -0.354 e. The lowest BCUT2D eigenvalue weighted by atomic mass is 9.96. The molecule has 3 rings (SSSR count). The lowest BCUT2D eigenvalue weighted by molar-refractivity contribution is 0.448. The molecule has 1 aliphatic rings. The second-order valence-corrected chi connectivity index (χ2v) is 8.28. The van der Waals surface area contributed by atoms with Crippen LogP contribution >= 0.6 is 12.4 Å². The predicted molar refractivity (Wildman–Crippen MR) is 100 cm³/mol. The Bertz CT molecular complexity index is 834. The maximum absolute atomic E-state index is 12.1. The van der Waals surface area contributed by atoms with Crippen molar-refractivity contribution in [1.29, 1.82) is 0 Å². The average Bonchev–Trinajstić information content (AvgIpc) is 3.00. The van der Waals surface area contributed by atoms with Gasteiger partial charge in [0.15, 0.2) is 9.84 Å². The van der Waals surface area contributed by atoms with Gasteiger partial charge in [0.25, 0.3) is 0 Å². The van der Waals surface area contributed by atoms with Crippen LogP contribution in [-0.4, -0.2) is 59.0 Å². The summed E-state index contributed by atoms with van der Waals surface area (Å²) in [6.07, 6.45) is 6.87. The van der Waals surface area contributed by atoms with Crippen molar-refractivity contribution in [3.05, 3.63) is 24.0 Å². The van der Waals surface area contributed by atoms with Gasteiger partial charge in [0.2, 0.25) is 5.95 Å². The molecule has 3 heterocycles. The molecule has 0 spiro atoms. The summed E-state index contributed by atoms with van der Waals surface area (Å²) in [4.78, 5) is 8.92. The zero-order valence-corrected chi connectivity index (χ0v) is 16.5. The topological polar surface area (TPSA) is 115 Å². The van der Waals surface area contributed by atoms with Crippen LogP contribution in [0.5, 0.6) is 0 Å². The second-order valence-electron chi connectivity index (χ2n) is 6.29. The molecular weight excluding hydrogens is 378 g/mol. The molecule has 0 aromatic carbocycles. The van der Waals surface area contributed by atoms with Crippen LogP contribution in [0.15, 0.2) is 17.4 Å². The first-order valence-corrected chi connectivity index (χ1v) is 10.2. The minimum absolute atomic E-state index is 0. The lowest BCUT2D eigenvalue weighted by Crippen LogP contribution is -2.30. The van der Waals surface area contributed by atoms with Crippen molar-refractivity contribution in [1.82, 2.24) is 30.0 Å². The average molecular weight is 402 g/mol. The zero-order valence-electron chi connectivity index (χ0n) is 14.8. The molecule has 1 aliphatic heterocycles. The van der Waals surface area contributed by atoms with Crippen LogP contribution in [0.25, 0.3) is 0 Å². The third-order valence-corrected chi connectivity index (χ3v) is 5.42. The first-order valence-electron chi connectivity index (χ1n) is 8.29. The summed E-state index contributed by atoms with van der Waals surface area (Å²) in [5, 5.41) is 14.3. The van der Waals surface area contributed by atoms with Crippen LogP contribution in [0, 0.1) is 0 Å². The van der Waals surface area contributed by atoms with E-state index in [1.165, 1.54) is 12.5 Å². The van der Waals surface area contributed by atoms with Gasteiger partial charge < -0.3 is 15.2 Å². The highest BCUT2D eigenvalue weighted by Crippen LogP contribution is 2.27. The molecule has 0 saturated carbocycles. The van der Waals surface area contributed by atoms with E-state index in [1.807, 2.05) is 11.6 Å². The van der Waals surface area contributed by atoms with Gasteiger partial charge in [-0.05, 0) is 19.4 Å². The number of sulfone groups is 1. The lowest BCUT2D eigenvalue weighted by Gasteiger charge is -2.24. The molecule has 2 N–H and O–H groups in total. The SMILES string of the molecule is Cl.Cn1cnnc1CCNc1ncc(S(C)(=O)=O)c(C2CCCNC2)n1. The maximum Gasteiger partial charge on any atom is 0.222 e. The van der Waals surface area contributed by atoms with Gasteiger partial charge in [-0.25, -0.2) is 18.4 Å². The monoisotopic (exact) mass is 401 g/mol. The van der Waals surface area contributed by atoms with Gasteiger partial charge in [-0.15, -0.1) is 22.6 Å². The van der Waals surface area contributed by atoms with Gasteiger partial charge in [-0.2, -0.15) is 0 Å². The molecule has 0 bridgehead atoms. The van der Waals surface area contributed by atoms with Crippen molar-refractivity contribution in [2.24, 2.45) is 7.05 Å². The zero-order chi connectivity index (χ0) is 17.9. The highest BCUT2D eigenvalue weighted by atomic mass is 35.5. The van der Waals surface area contributed by atoms with Crippen LogP contribution in [0.4, 0.5) is 5.95 Å². The highest BCUT2D eigenvalue weighted by Gasteiger charge is 2.25. The van der Waals surface area contributed by atoms with E-state index in [1.54, 1.807) is 6.33 Å². The Balaban J connectivity index is 0.00000243. The fourth-order valence-electron chi connectivity index (χ4n) is 2.95. The largest absolute Gasteiger partial charge is 0.354 e. The molecule has 0 amide bonds. The number of rotatable bonds is 6. The highest BCUT2D eigenvalue weighted by molar-refractivity contribution is 7.90. The van der Waals surface area contributed by atoms with Crippen molar-refractivity contribution in [3.8, 4) is 0 Å². The summed E-state index contributed by atoms with van der Waals surface area (Å²) in [5.41, 5.74) is 0.603. The van der Waals surface area contributed by atoms with Gasteiger partial charge in [-0.1, -0.05) is 0 Å². The second kappa shape index (κ2) is 8.74. The molecule has 2 aromatic heterocycles. The molecule has 1 unspecified atom stereocenters. The standard InChI is InChI=1S/C15H23N7O2S.ClH/c1-22-10-19-21-13(22)5-7-17-15-18-9-12(25(2,23)24)14(20-15)11-4-3-6-16-8-11;/h9-11,16H,3-8H2,1-2H3,(H,17,18,20);1H. The van der Waals surface area contributed by atoms with E-state index >= 15 is 0 Å². The summed E-state index contributed by atoms with van der Waals surface area (Å²) in [5.74, 6) is 1.38. The first kappa shape index (κ1) is 20.5. The van der Waals surface area contributed by atoms with E-state index in [0.29, 0.717) is 24.6 Å². The van der Waals surface area contributed by atoms with E-state index in [4.69, 9.17) is 0 Å². The Morgan fingerprint density at radius 3 is 2.85 bits per heavy atom. The fourth-order valence-corrected chi connectivity index (χ4v) is 3.79. The molecule has 11 heteroatoms. The number of anilines is 1. The first-order chi connectivity index (χ1) is 11.9. The van der Waals surface area contributed by atoms with Crippen molar-refractivity contribution in [2.75, 3.05) is 31.2 Å². The number of hydrogen-bond acceptors (Lipinski definition) is 8. The summed E-state index contributed by atoms with van der Waals surface area (Å²) >= 11 is 0. The molecule has 1 saturated heterocycles. The van der Waals surface area contributed by atoms with Crippen molar-refractivity contribution in [2.45, 2.75) is 30.1 Å². The van der Waals surface area contributed by atoms with E-state index in [9.17, 15) is 8.42 Å². The van der Waals surface area contributed by atoms with Gasteiger partial charge in [0.05, 0.1) is 11.9 Å². The van der Waals surface area contributed by atoms with Gasteiger partial charge in [-0.3, -0.25) is 0 Å². The number of nitrogens with zero attached hydrogens (tertiary/aromatic N) is 5. The maximum atomic E-state index is 12.1. The fraction of sp³-hybridized carbons (Fsp3) is 0.600. The molecule has 9 nitrogen and oxygen atoms in total.